The number of halogens is 2. The van der Waals surface area contributed by atoms with E-state index in [4.69, 9.17) is 23.2 Å². The maximum Gasteiger partial charge on any atom is 0.0595 e. The van der Waals surface area contributed by atoms with Crippen molar-refractivity contribution >= 4 is 23.2 Å². The number of likely N-dealkylation sites (N-methyl/N-ethyl adjacent to an activating group) is 1. The van der Waals surface area contributed by atoms with E-state index in [2.05, 4.69) is 41.7 Å². The van der Waals surface area contributed by atoms with Gasteiger partial charge < -0.3 is 5.32 Å². The predicted molar refractivity (Wildman–Crippen MR) is 85.9 cm³/mol. The summed E-state index contributed by atoms with van der Waals surface area (Å²) >= 11 is 12.2. The molecule has 0 heterocycles. The van der Waals surface area contributed by atoms with Crippen LogP contribution in [0.2, 0.25) is 10.0 Å². The second-order valence-corrected chi connectivity index (χ2v) is 6.30. The fourth-order valence-corrected chi connectivity index (χ4v) is 3.46. The minimum absolute atomic E-state index is 0.143. The third kappa shape index (κ3) is 2.35. The fraction of sp³-hybridized carbons (Fsp3) is 0.294. The number of hydrogen-bond acceptors (Lipinski definition) is 1. The Morgan fingerprint density at radius 2 is 1.85 bits per heavy atom. The van der Waals surface area contributed by atoms with Gasteiger partial charge in [0.2, 0.25) is 0 Å². The van der Waals surface area contributed by atoms with Crippen molar-refractivity contribution in [3.8, 4) is 0 Å². The monoisotopic (exact) mass is 305 g/mol. The molecule has 1 nitrogen and oxygen atoms in total. The summed E-state index contributed by atoms with van der Waals surface area (Å²) in [5.74, 6) is 0.549. The van der Waals surface area contributed by atoms with E-state index in [-0.39, 0.29) is 5.41 Å². The van der Waals surface area contributed by atoms with Crippen molar-refractivity contribution in [3.63, 3.8) is 0 Å². The van der Waals surface area contributed by atoms with Crippen LogP contribution in [-0.2, 0) is 5.41 Å². The lowest BCUT2D eigenvalue weighted by atomic mass is 9.90. The van der Waals surface area contributed by atoms with Gasteiger partial charge in [0.1, 0.15) is 0 Å². The van der Waals surface area contributed by atoms with Gasteiger partial charge in [-0.25, -0.2) is 0 Å². The second-order valence-electron chi connectivity index (χ2n) is 5.48. The molecule has 2 aromatic rings. The first kappa shape index (κ1) is 13.9. The van der Waals surface area contributed by atoms with E-state index in [9.17, 15) is 0 Å². The number of benzene rings is 2. The smallest absolute Gasteiger partial charge is 0.0595 e. The predicted octanol–water partition coefficient (Wildman–Crippen LogP) is 4.64. The first-order valence-corrected chi connectivity index (χ1v) is 7.58. The Kier molecular flexibility index (Phi) is 3.76. The Morgan fingerprint density at radius 1 is 1.10 bits per heavy atom. The zero-order chi connectivity index (χ0) is 14.2. The molecule has 0 bridgehead atoms. The minimum Gasteiger partial charge on any atom is -0.319 e. The summed E-state index contributed by atoms with van der Waals surface area (Å²) < 4.78 is 0. The van der Waals surface area contributed by atoms with Crippen LogP contribution in [0.15, 0.2) is 48.5 Å². The number of nitrogens with one attached hydrogen (secondary N) is 1. The third-order valence-corrected chi connectivity index (χ3v) is 5.00. The molecule has 0 radical (unpaired) electrons. The Hall–Kier alpha value is -1.02. The molecule has 2 aromatic carbocycles. The number of hydrogen-bond donors (Lipinski definition) is 1. The molecule has 0 aromatic heterocycles. The van der Waals surface area contributed by atoms with E-state index in [0.717, 1.165) is 13.0 Å². The first-order valence-electron chi connectivity index (χ1n) is 6.82. The van der Waals surface area contributed by atoms with Crippen molar-refractivity contribution in [2.24, 2.45) is 0 Å². The van der Waals surface area contributed by atoms with Gasteiger partial charge in [-0.15, -0.1) is 0 Å². The van der Waals surface area contributed by atoms with Crippen molar-refractivity contribution < 1.29 is 0 Å². The van der Waals surface area contributed by atoms with Gasteiger partial charge in [-0.3, -0.25) is 0 Å². The van der Waals surface area contributed by atoms with Crippen LogP contribution < -0.4 is 5.32 Å². The SMILES string of the molecule is CNC[C@@]1(c2ccc(Cl)c(Cl)c2)C[C@@H]1c1ccccc1. The van der Waals surface area contributed by atoms with Crippen LogP contribution in [0, 0.1) is 0 Å². The highest BCUT2D eigenvalue weighted by molar-refractivity contribution is 6.42. The van der Waals surface area contributed by atoms with E-state index in [1.165, 1.54) is 11.1 Å². The molecule has 1 saturated carbocycles. The molecule has 1 N–H and O–H groups in total. The maximum absolute atomic E-state index is 6.19. The second kappa shape index (κ2) is 5.40. The van der Waals surface area contributed by atoms with Crippen molar-refractivity contribution in [2.75, 3.05) is 13.6 Å². The average molecular weight is 306 g/mol. The largest absolute Gasteiger partial charge is 0.319 e. The van der Waals surface area contributed by atoms with Crippen molar-refractivity contribution in [2.45, 2.75) is 17.8 Å². The van der Waals surface area contributed by atoms with E-state index >= 15 is 0 Å². The summed E-state index contributed by atoms with van der Waals surface area (Å²) in [6, 6.07) is 16.7. The Balaban J connectivity index is 1.96. The normalized spacial score (nSPS) is 24.6. The standard InChI is InChI=1S/C17H17Cl2N/c1-20-11-17(13-7-8-15(18)16(19)9-13)10-14(17)12-5-3-2-4-6-12/h2-9,14,20H,10-11H2,1H3/t14-,17-/m1/s1. The maximum atomic E-state index is 6.19. The topological polar surface area (TPSA) is 12.0 Å². The van der Waals surface area contributed by atoms with Gasteiger partial charge in [0.25, 0.3) is 0 Å². The molecule has 0 aliphatic heterocycles. The summed E-state index contributed by atoms with van der Waals surface area (Å²) in [4.78, 5) is 0. The highest BCUT2D eigenvalue weighted by Crippen LogP contribution is 2.60. The van der Waals surface area contributed by atoms with Gasteiger partial charge in [-0.1, -0.05) is 59.6 Å². The van der Waals surface area contributed by atoms with Crippen LogP contribution in [0.4, 0.5) is 0 Å². The minimum atomic E-state index is 0.143. The quantitative estimate of drug-likeness (QED) is 0.868. The highest BCUT2D eigenvalue weighted by atomic mass is 35.5. The van der Waals surface area contributed by atoms with Gasteiger partial charge >= 0.3 is 0 Å². The lowest BCUT2D eigenvalue weighted by molar-refractivity contribution is 0.605. The fourth-order valence-electron chi connectivity index (χ4n) is 3.17. The van der Waals surface area contributed by atoms with Gasteiger partial charge in [0, 0.05) is 12.0 Å². The molecule has 0 unspecified atom stereocenters. The van der Waals surface area contributed by atoms with E-state index < -0.39 is 0 Å². The molecule has 3 heteroatoms. The molecule has 0 amide bonds. The van der Waals surface area contributed by atoms with Gasteiger partial charge in [0.05, 0.1) is 10.0 Å². The van der Waals surface area contributed by atoms with Crippen LogP contribution in [0.25, 0.3) is 0 Å². The van der Waals surface area contributed by atoms with E-state index in [0.29, 0.717) is 16.0 Å². The van der Waals surface area contributed by atoms with Gasteiger partial charge in [-0.05, 0) is 42.6 Å². The summed E-state index contributed by atoms with van der Waals surface area (Å²) in [7, 11) is 2.00. The molecule has 1 fully saturated rings. The molecular formula is C17H17Cl2N. The molecule has 20 heavy (non-hydrogen) atoms. The molecule has 2 atom stereocenters. The third-order valence-electron chi connectivity index (χ3n) is 4.26. The molecular weight excluding hydrogens is 289 g/mol. The average Bonchev–Trinajstić information content (AvgIpc) is 3.19. The van der Waals surface area contributed by atoms with Crippen LogP contribution in [0.3, 0.4) is 0 Å². The van der Waals surface area contributed by atoms with Gasteiger partial charge in [-0.2, -0.15) is 0 Å². The molecule has 3 rings (SSSR count). The van der Waals surface area contributed by atoms with Crippen molar-refractivity contribution in [3.05, 3.63) is 69.7 Å². The molecule has 0 spiro atoms. The van der Waals surface area contributed by atoms with Crippen LogP contribution >= 0.6 is 23.2 Å². The number of rotatable bonds is 4. The molecule has 104 valence electrons. The lowest BCUT2D eigenvalue weighted by Crippen LogP contribution is -2.25. The Labute approximate surface area is 129 Å². The Morgan fingerprint density at radius 3 is 2.50 bits per heavy atom. The summed E-state index contributed by atoms with van der Waals surface area (Å²) in [5.41, 5.74) is 2.81. The van der Waals surface area contributed by atoms with Crippen molar-refractivity contribution in [1.29, 1.82) is 0 Å². The van der Waals surface area contributed by atoms with Crippen LogP contribution in [0.5, 0.6) is 0 Å². The Bertz CT molecular complexity index is 612. The van der Waals surface area contributed by atoms with E-state index in [1.54, 1.807) is 0 Å². The van der Waals surface area contributed by atoms with Gasteiger partial charge in [0.15, 0.2) is 0 Å². The molecule has 1 aliphatic carbocycles. The van der Waals surface area contributed by atoms with Crippen molar-refractivity contribution in [1.82, 2.24) is 5.32 Å². The molecule has 1 aliphatic rings. The zero-order valence-corrected chi connectivity index (χ0v) is 12.9. The lowest BCUT2D eigenvalue weighted by Gasteiger charge is -2.19. The van der Waals surface area contributed by atoms with Crippen LogP contribution in [-0.4, -0.2) is 13.6 Å². The zero-order valence-electron chi connectivity index (χ0n) is 11.4. The molecule has 0 saturated heterocycles. The van der Waals surface area contributed by atoms with E-state index in [1.807, 2.05) is 19.2 Å². The first-order chi connectivity index (χ1) is 9.67. The highest BCUT2D eigenvalue weighted by Gasteiger charge is 2.55. The summed E-state index contributed by atoms with van der Waals surface area (Å²) in [6.07, 6.45) is 1.15. The van der Waals surface area contributed by atoms with Crippen LogP contribution in [0.1, 0.15) is 23.5 Å². The summed E-state index contributed by atoms with van der Waals surface area (Å²) in [6.45, 7) is 0.949. The summed E-state index contributed by atoms with van der Waals surface area (Å²) in [5, 5.41) is 4.58.